The highest BCUT2D eigenvalue weighted by atomic mass is 32.2. The van der Waals surface area contributed by atoms with Crippen molar-refractivity contribution in [2.45, 2.75) is 43.8 Å². The minimum absolute atomic E-state index is 0.0682. The van der Waals surface area contributed by atoms with E-state index in [1.807, 2.05) is 41.8 Å². The number of hydrogen-bond donors (Lipinski definition) is 1. The van der Waals surface area contributed by atoms with Gasteiger partial charge in [-0.15, -0.1) is 20.4 Å². The van der Waals surface area contributed by atoms with Crippen molar-refractivity contribution < 1.29 is 9.52 Å². The van der Waals surface area contributed by atoms with E-state index in [1.54, 1.807) is 0 Å². The molecule has 0 saturated heterocycles. The molecule has 3 rings (SSSR count). The summed E-state index contributed by atoms with van der Waals surface area (Å²) in [6, 6.07) is 9.67. The molecule has 1 N–H and O–H groups in total. The molecule has 2 aromatic heterocycles. The Bertz CT molecular complexity index is 787. The summed E-state index contributed by atoms with van der Waals surface area (Å²) in [5.74, 6) is 1.61. The molecule has 0 fully saturated rings. The molecule has 3 aromatic rings. The number of aliphatic hydroxyl groups is 1. The maximum Gasteiger partial charge on any atom is 0.247 e. The van der Waals surface area contributed by atoms with Crippen molar-refractivity contribution in [2.75, 3.05) is 0 Å². The molecule has 0 radical (unpaired) electrons. The van der Waals surface area contributed by atoms with Gasteiger partial charge in [0.05, 0.1) is 5.25 Å². The van der Waals surface area contributed by atoms with Gasteiger partial charge >= 0.3 is 0 Å². The van der Waals surface area contributed by atoms with Crippen LogP contribution in [-0.2, 0) is 13.2 Å². The second-order valence-electron chi connectivity index (χ2n) is 5.28. The van der Waals surface area contributed by atoms with Crippen molar-refractivity contribution in [1.82, 2.24) is 25.0 Å². The molecule has 2 heterocycles. The Morgan fingerprint density at radius 2 is 1.96 bits per heavy atom. The monoisotopic (exact) mass is 345 g/mol. The van der Waals surface area contributed by atoms with E-state index in [0.717, 1.165) is 23.7 Å². The Balaban J connectivity index is 1.77. The highest BCUT2D eigenvalue weighted by Gasteiger charge is 2.20. The van der Waals surface area contributed by atoms with Crippen LogP contribution in [0, 0.1) is 0 Å². The van der Waals surface area contributed by atoms with Gasteiger partial charge in [0.1, 0.15) is 6.61 Å². The minimum Gasteiger partial charge on any atom is -0.419 e. The molecule has 0 aliphatic carbocycles. The third kappa shape index (κ3) is 3.49. The number of hydrogen-bond acceptors (Lipinski definition) is 7. The largest absolute Gasteiger partial charge is 0.419 e. The fourth-order valence-electron chi connectivity index (χ4n) is 2.28. The predicted molar refractivity (Wildman–Crippen MR) is 90.2 cm³/mol. The molecule has 24 heavy (non-hydrogen) atoms. The molecule has 7 nitrogen and oxygen atoms in total. The zero-order chi connectivity index (χ0) is 16.9. The first-order valence-electron chi connectivity index (χ1n) is 7.81. The van der Waals surface area contributed by atoms with E-state index in [-0.39, 0.29) is 11.9 Å². The van der Waals surface area contributed by atoms with E-state index in [1.165, 1.54) is 11.8 Å². The molecule has 1 atom stereocenters. The first kappa shape index (κ1) is 16.7. The van der Waals surface area contributed by atoms with Crippen LogP contribution in [0.15, 0.2) is 39.9 Å². The Kier molecular flexibility index (Phi) is 5.27. The van der Waals surface area contributed by atoms with Gasteiger partial charge in [-0.3, -0.25) is 0 Å². The maximum atomic E-state index is 9.37. The number of benzene rings is 1. The summed E-state index contributed by atoms with van der Waals surface area (Å²) < 4.78 is 7.71. The molecule has 0 saturated carbocycles. The second kappa shape index (κ2) is 7.59. The number of aliphatic hydroxyl groups excluding tert-OH is 1. The maximum absolute atomic E-state index is 9.37. The summed E-state index contributed by atoms with van der Waals surface area (Å²) in [6.07, 6.45) is 0.936. The van der Waals surface area contributed by atoms with Gasteiger partial charge in [-0.1, -0.05) is 36.9 Å². The van der Waals surface area contributed by atoms with Crippen molar-refractivity contribution in [3.8, 4) is 11.5 Å². The number of rotatable bonds is 7. The highest BCUT2D eigenvalue weighted by molar-refractivity contribution is 7.99. The zero-order valence-electron chi connectivity index (χ0n) is 13.6. The van der Waals surface area contributed by atoms with Crippen LogP contribution in [0.25, 0.3) is 11.5 Å². The number of aromatic nitrogens is 5. The van der Waals surface area contributed by atoms with Gasteiger partial charge in [0, 0.05) is 12.1 Å². The van der Waals surface area contributed by atoms with E-state index in [4.69, 9.17) is 4.42 Å². The normalized spacial score (nSPS) is 12.5. The molecule has 0 amide bonds. The average Bonchev–Trinajstić information content (AvgIpc) is 3.24. The molecule has 126 valence electrons. The molecule has 0 bridgehead atoms. The molecule has 1 unspecified atom stereocenters. The Hall–Kier alpha value is -2.19. The van der Waals surface area contributed by atoms with Gasteiger partial charge in [-0.05, 0) is 25.5 Å². The van der Waals surface area contributed by atoms with Crippen molar-refractivity contribution >= 4 is 11.8 Å². The molecule has 8 heteroatoms. The Morgan fingerprint density at radius 1 is 1.17 bits per heavy atom. The van der Waals surface area contributed by atoms with Crippen LogP contribution < -0.4 is 0 Å². The average molecular weight is 345 g/mol. The van der Waals surface area contributed by atoms with E-state index in [0.29, 0.717) is 17.6 Å². The molecular weight excluding hydrogens is 326 g/mol. The fraction of sp³-hybridized carbons (Fsp3) is 0.375. The lowest BCUT2D eigenvalue weighted by Gasteiger charge is -2.09. The third-order valence-electron chi connectivity index (χ3n) is 3.47. The fourth-order valence-corrected chi connectivity index (χ4v) is 3.20. The quantitative estimate of drug-likeness (QED) is 0.658. The van der Waals surface area contributed by atoms with Crippen LogP contribution in [0.4, 0.5) is 0 Å². The van der Waals surface area contributed by atoms with Crippen molar-refractivity contribution in [3.63, 3.8) is 0 Å². The number of thioether (sulfide) groups is 1. The van der Waals surface area contributed by atoms with Gasteiger partial charge in [0.15, 0.2) is 11.0 Å². The van der Waals surface area contributed by atoms with E-state index < -0.39 is 0 Å². The first-order chi connectivity index (χ1) is 11.7. The summed E-state index contributed by atoms with van der Waals surface area (Å²) in [7, 11) is 0. The van der Waals surface area contributed by atoms with Crippen molar-refractivity contribution in [3.05, 3.63) is 42.0 Å². The second-order valence-corrected chi connectivity index (χ2v) is 6.59. The zero-order valence-corrected chi connectivity index (χ0v) is 14.4. The topological polar surface area (TPSA) is 89.9 Å². The van der Waals surface area contributed by atoms with Crippen LogP contribution in [0.5, 0.6) is 0 Å². The summed E-state index contributed by atoms with van der Waals surface area (Å²) in [4.78, 5) is 0. The van der Waals surface area contributed by atoms with E-state index in [2.05, 4.69) is 27.3 Å². The molecule has 1 aromatic carbocycles. The van der Waals surface area contributed by atoms with E-state index in [9.17, 15) is 5.11 Å². The summed E-state index contributed by atoms with van der Waals surface area (Å²) in [5, 5.41) is 26.5. The van der Waals surface area contributed by atoms with Crippen molar-refractivity contribution in [2.24, 2.45) is 0 Å². The van der Waals surface area contributed by atoms with Gasteiger partial charge < -0.3 is 14.1 Å². The predicted octanol–water partition coefficient (Wildman–Crippen LogP) is 3.08. The van der Waals surface area contributed by atoms with Gasteiger partial charge in [-0.2, -0.15) is 0 Å². The number of nitrogens with zero attached hydrogens (tertiary/aromatic N) is 5. The Labute approximate surface area is 144 Å². The molecule has 0 spiro atoms. The first-order valence-corrected chi connectivity index (χ1v) is 8.69. The summed E-state index contributed by atoms with van der Waals surface area (Å²) in [5.41, 5.74) is 0.894. The molecule has 0 aliphatic rings. The minimum atomic E-state index is -0.124. The highest BCUT2D eigenvalue weighted by Crippen LogP contribution is 2.34. The lowest BCUT2D eigenvalue weighted by Crippen LogP contribution is -2.05. The van der Waals surface area contributed by atoms with Gasteiger partial charge in [0.25, 0.3) is 0 Å². The lowest BCUT2D eigenvalue weighted by atomic mass is 10.2. The summed E-state index contributed by atoms with van der Waals surface area (Å²) >= 11 is 1.49. The van der Waals surface area contributed by atoms with Crippen LogP contribution in [0.1, 0.15) is 37.2 Å². The van der Waals surface area contributed by atoms with Crippen LogP contribution in [0.3, 0.4) is 0 Å². The van der Waals surface area contributed by atoms with Crippen LogP contribution in [0.2, 0.25) is 0 Å². The van der Waals surface area contributed by atoms with Crippen LogP contribution >= 0.6 is 11.8 Å². The summed E-state index contributed by atoms with van der Waals surface area (Å²) in [6.45, 7) is 4.69. The van der Waals surface area contributed by atoms with Gasteiger partial charge in [-0.25, -0.2) is 0 Å². The SMILES string of the molecule is CCCn1c(CO)nnc1SC(C)c1nnc(-c2ccccc2)o1. The smallest absolute Gasteiger partial charge is 0.247 e. The van der Waals surface area contributed by atoms with Crippen LogP contribution in [-0.4, -0.2) is 30.1 Å². The lowest BCUT2D eigenvalue weighted by molar-refractivity contribution is 0.263. The standard InChI is InChI=1S/C16H19N5O2S/c1-3-9-21-13(10-22)17-20-16(21)24-11(2)14-18-19-15(23-14)12-7-5-4-6-8-12/h4-8,11,22H,3,9-10H2,1-2H3. The Morgan fingerprint density at radius 3 is 2.67 bits per heavy atom. The van der Waals surface area contributed by atoms with Crippen molar-refractivity contribution in [1.29, 1.82) is 0 Å². The van der Waals surface area contributed by atoms with E-state index >= 15 is 0 Å². The molecular formula is C16H19N5O2S. The van der Waals surface area contributed by atoms with Gasteiger partial charge in [0.2, 0.25) is 11.8 Å². The molecule has 0 aliphatic heterocycles. The third-order valence-corrected chi connectivity index (χ3v) is 4.54.